The fourth-order valence-electron chi connectivity index (χ4n) is 5.71. The predicted octanol–water partition coefficient (Wildman–Crippen LogP) is 5.92. The Labute approximate surface area is 353 Å². The van der Waals surface area contributed by atoms with Crippen molar-refractivity contribution in [2.45, 2.75) is 41.5 Å². The lowest BCUT2D eigenvalue weighted by Gasteiger charge is -2.15. The van der Waals surface area contributed by atoms with Gasteiger partial charge in [-0.25, -0.2) is 0 Å². The van der Waals surface area contributed by atoms with Gasteiger partial charge < -0.3 is 25.2 Å². The van der Waals surface area contributed by atoms with E-state index in [1.165, 1.54) is 74.7 Å². The number of aliphatic hydroxyl groups is 1. The van der Waals surface area contributed by atoms with Gasteiger partial charge in [-0.15, -0.1) is 0 Å². The Morgan fingerprint density at radius 2 is 1.32 bits per heavy atom. The van der Waals surface area contributed by atoms with E-state index in [-0.39, 0.29) is 75.0 Å². The zero-order valence-corrected chi connectivity index (χ0v) is 35.2. The highest BCUT2D eigenvalue weighted by Gasteiger charge is 2.26. The third kappa shape index (κ3) is 11.2. The van der Waals surface area contributed by atoms with Crippen molar-refractivity contribution < 1.29 is 67.9 Å². The smallest absolute Gasteiger partial charge is 0.295 e. The van der Waals surface area contributed by atoms with Crippen molar-refractivity contribution in [1.29, 1.82) is 0 Å². The Morgan fingerprint density at radius 3 is 1.92 bits per heavy atom. The number of benzene rings is 5. The van der Waals surface area contributed by atoms with E-state index in [0.29, 0.717) is 11.6 Å². The summed E-state index contributed by atoms with van der Waals surface area (Å²) in [6, 6.07) is 14.6. The fourth-order valence-corrected chi connectivity index (χ4v) is 7.78. The molecule has 0 saturated carbocycles. The normalized spacial score (nSPS) is 12.7. The first-order chi connectivity index (χ1) is 29.0. The number of hydrogen-bond donors (Lipinski definition) is 6. The van der Waals surface area contributed by atoms with Gasteiger partial charge >= 0.3 is 0 Å². The summed E-state index contributed by atoms with van der Waals surface area (Å²) >= 11 is 0. The minimum absolute atomic E-state index is 0.00137. The molecule has 0 fully saturated rings. The molecule has 1 atom stereocenters. The van der Waals surface area contributed by atoms with Crippen LogP contribution in [-0.4, -0.2) is 88.0 Å². The van der Waals surface area contributed by atoms with E-state index in [2.05, 4.69) is 31.1 Å². The maximum atomic E-state index is 13.3. The van der Waals surface area contributed by atoms with Crippen LogP contribution in [-0.2, 0) is 39.9 Å². The molecule has 0 aromatic heterocycles. The predicted molar refractivity (Wildman–Crippen MR) is 221 cm³/mol. The summed E-state index contributed by atoms with van der Waals surface area (Å²) in [5.41, 5.74) is 1.35. The Morgan fingerprint density at radius 1 is 0.694 bits per heavy atom. The molecule has 2 amide bonds. The molecule has 62 heavy (non-hydrogen) atoms. The number of rotatable bonds is 16. The van der Waals surface area contributed by atoms with E-state index < -0.39 is 68.7 Å². The van der Waals surface area contributed by atoms with Crippen molar-refractivity contribution >= 4 is 87.2 Å². The highest BCUT2D eigenvalue weighted by atomic mass is 32.2. The van der Waals surface area contributed by atoms with E-state index >= 15 is 0 Å². The first-order valence-corrected chi connectivity index (χ1v) is 21.9. The zero-order chi connectivity index (χ0) is 45.7. The summed E-state index contributed by atoms with van der Waals surface area (Å²) in [5, 5.41) is 30.7. The van der Waals surface area contributed by atoms with Crippen LogP contribution in [0.25, 0.3) is 10.8 Å². The second kappa shape index (κ2) is 18.6. The van der Waals surface area contributed by atoms with E-state index in [9.17, 15) is 58.4 Å². The van der Waals surface area contributed by atoms with E-state index in [1.807, 2.05) is 0 Å². The number of carbonyl (C=O) groups is 3. The van der Waals surface area contributed by atoms with Gasteiger partial charge in [-0.2, -0.15) is 45.7 Å². The highest BCUT2D eigenvalue weighted by Crippen LogP contribution is 2.36. The van der Waals surface area contributed by atoms with Gasteiger partial charge in [0.25, 0.3) is 42.2 Å². The molecule has 0 radical (unpaired) electrons. The van der Waals surface area contributed by atoms with Crippen molar-refractivity contribution in [3.8, 4) is 11.5 Å². The zero-order valence-electron chi connectivity index (χ0n) is 32.8. The molecule has 5 aromatic rings. The van der Waals surface area contributed by atoms with Crippen LogP contribution in [0.2, 0.25) is 0 Å². The van der Waals surface area contributed by atoms with Crippen LogP contribution in [0, 0.1) is 13.8 Å². The Balaban J connectivity index is 1.33. The summed E-state index contributed by atoms with van der Waals surface area (Å²) in [5.74, 6) is -2.24. The first-order valence-electron chi connectivity index (χ1n) is 17.6. The highest BCUT2D eigenvalue weighted by molar-refractivity contribution is 7.87. The maximum Gasteiger partial charge on any atom is 0.295 e. The Kier molecular flexibility index (Phi) is 14.0. The molecule has 0 aliphatic carbocycles. The lowest BCUT2D eigenvalue weighted by Crippen LogP contribution is -2.32. The molecule has 0 heterocycles. The molecule has 0 aliphatic heterocycles. The largest absolute Gasteiger partial charge is 0.495 e. The van der Waals surface area contributed by atoms with Crippen LogP contribution >= 0.6 is 0 Å². The molecule has 21 nitrogen and oxygen atoms in total. The Bertz CT molecular complexity index is 3010. The minimum atomic E-state index is -4.96. The standard InChI is InChI=1S/C38H36N6O15S3/c1-20-13-31(33(59-12-11-45)18-29(20)43-42-26-10-7-24-15-27(60(49,50)51)17-35(28(24)16-26)62(55,56)57)39-37(47)23-5-8-25(9-6-23)41-44-36(22(3)46)38(48)40-30-14-21(2)34(61(52,53)54)19-32(30)58-4/h5-10,13-19,36,45H,11-12H2,1-4H3,(H,39,47)(H,40,48)(H,49,50,51)(H,52,53,54)(H,55,56,57). The number of ether oxygens (including phenoxy) is 2. The topological polar surface area (TPSA) is 327 Å². The van der Waals surface area contributed by atoms with Gasteiger partial charge in [-0.3, -0.25) is 28.0 Å². The molecule has 5 aromatic carbocycles. The molecule has 24 heteroatoms. The summed E-state index contributed by atoms with van der Waals surface area (Å²) in [6.07, 6.45) is 0. The van der Waals surface area contributed by atoms with Gasteiger partial charge in [0.2, 0.25) is 6.04 Å². The Hall–Kier alpha value is -6.54. The molecule has 0 saturated heterocycles. The molecule has 6 N–H and O–H groups in total. The molecule has 326 valence electrons. The van der Waals surface area contributed by atoms with Crippen molar-refractivity contribution in [3.05, 3.63) is 95.6 Å². The summed E-state index contributed by atoms with van der Waals surface area (Å²) in [4.78, 5) is 36.8. The van der Waals surface area contributed by atoms with Crippen LogP contribution < -0.4 is 20.1 Å². The van der Waals surface area contributed by atoms with Crippen LogP contribution in [0.4, 0.5) is 28.4 Å². The number of anilines is 2. The van der Waals surface area contributed by atoms with Gasteiger partial charge in [-0.1, -0.05) is 6.07 Å². The summed E-state index contributed by atoms with van der Waals surface area (Å²) < 4.78 is 110. The molecular weight excluding hydrogens is 877 g/mol. The number of methoxy groups -OCH3 is 1. The van der Waals surface area contributed by atoms with Crippen LogP contribution in [0.3, 0.4) is 0 Å². The lowest BCUT2D eigenvalue weighted by atomic mass is 10.1. The second-order valence-corrected chi connectivity index (χ2v) is 17.4. The number of nitrogens with one attached hydrogen (secondary N) is 2. The van der Waals surface area contributed by atoms with Gasteiger partial charge in [0, 0.05) is 23.1 Å². The SMILES string of the molecule is COc1cc(S(=O)(=O)O)c(C)cc1NC(=O)C(N=Nc1ccc(C(=O)Nc2cc(C)c(N=Nc3ccc4cc(S(=O)(=O)O)cc(S(=O)(=O)O)c4c3)cc2OCCO)cc1)C(C)=O. The monoisotopic (exact) mass is 912 g/mol. The fraction of sp³-hybridized carbons (Fsp3) is 0.184. The number of Topliss-reactive ketones (excluding diaryl/α,β-unsaturated/α-hetero) is 1. The third-order valence-corrected chi connectivity index (χ3v) is 11.4. The first kappa shape index (κ1) is 46.5. The van der Waals surface area contributed by atoms with Gasteiger partial charge in [0.15, 0.2) is 5.78 Å². The van der Waals surface area contributed by atoms with Gasteiger partial charge in [-0.05, 0) is 97.9 Å². The van der Waals surface area contributed by atoms with Gasteiger partial charge in [0.1, 0.15) is 27.9 Å². The van der Waals surface area contributed by atoms with E-state index in [4.69, 9.17) is 9.47 Å². The average Bonchev–Trinajstić information content (AvgIpc) is 3.18. The molecule has 1 unspecified atom stereocenters. The number of amides is 2. The van der Waals surface area contributed by atoms with Crippen molar-refractivity contribution in [3.63, 3.8) is 0 Å². The maximum absolute atomic E-state index is 13.3. The molecule has 5 rings (SSSR count). The molecule has 0 spiro atoms. The van der Waals surface area contributed by atoms with Crippen LogP contribution in [0.15, 0.2) is 114 Å². The lowest BCUT2D eigenvalue weighted by molar-refractivity contribution is -0.126. The number of carbonyl (C=O) groups excluding carboxylic acids is 3. The second-order valence-electron chi connectivity index (χ2n) is 13.2. The molecule has 0 bridgehead atoms. The summed E-state index contributed by atoms with van der Waals surface area (Å²) in [6.45, 7) is 3.57. The number of ketones is 1. The molecular formula is C38H36N6O15S3. The number of nitrogens with zero attached hydrogens (tertiary/aromatic N) is 4. The number of aryl methyl sites for hydroxylation is 2. The number of aliphatic hydroxyl groups excluding tert-OH is 1. The average molecular weight is 913 g/mol. The van der Waals surface area contributed by atoms with Gasteiger partial charge in [0.05, 0.1) is 47.0 Å². The quantitative estimate of drug-likeness (QED) is 0.0380. The molecule has 0 aliphatic rings. The number of azo groups is 2. The van der Waals surface area contributed by atoms with Crippen LogP contribution in [0.1, 0.15) is 28.4 Å². The van der Waals surface area contributed by atoms with Crippen molar-refractivity contribution in [2.75, 3.05) is 31.0 Å². The van der Waals surface area contributed by atoms with Crippen molar-refractivity contribution in [1.82, 2.24) is 0 Å². The number of fused-ring (bicyclic) bond motifs is 1. The third-order valence-electron chi connectivity index (χ3n) is 8.70. The van der Waals surface area contributed by atoms with E-state index in [1.54, 1.807) is 6.92 Å². The summed E-state index contributed by atoms with van der Waals surface area (Å²) in [7, 11) is -13.2. The number of hydrogen-bond acceptors (Lipinski definition) is 16. The van der Waals surface area contributed by atoms with Crippen molar-refractivity contribution in [2.24, 2.45) is 20.5 Å². The van der Waals surface area contributed by atoms with E-state index in [0.717, 1.165) is 19.1 Å². The minimum Gasteiger partial charge on any atom is -0.495 e. The van der Waals surface area contributed by atoms with Crippen LogP contribution in [0.5, 0.6) is 11.5 Å².